The molecule has 2 nitrogen and oxygen atoms in total. The zero-order valence-corrected chi connectivity index (χ0v) is 12.8. The Kier molecular flexibility index (Phi) is 11.0. The molecule has 0 fully saturated rings. The summed E-state index contributed by atoms with van der Waals surface area (Å²) in [4.78, 5) is 2.43. The summed E-state index contributed by atoms with van der Waals surface area (Å²) in [6.45, 7) is 11.5. The first-order valence-electron chi connectivity index (χ1n) is 7.55. The van der Waals surface area contributed by atoms with Crippen molar-refractivity contribution in [2.75, 3.05) is 20.1 Å². The van der Waals surface area contributed by atoms with Crippen LogP contribution in [0.5, 0.6) is 0 Å². The third kappa shape index (κ3) is 9.61. The Morgan fingerprint density at radius 3 is 2.06 bits per heavy atom. The van der Waals surface area contributed by atoms with Gasteiger partial charge in [-0.15, -0.1) is 0 Å². The highest BCUT2D eigenvalue weighted by atomic mass is 15.1. The van der Waals surface area contributed by atoms with Crippen LogP contribution in [-0.4, -0.2) is 37.1 Å². The third-order valence-corrected chi connectivity index (χ3v) is 3.53. The molecule has 2 heteroatoms. The molecule has 0 bridgehead atoms. The van der Waals surface area contributed by atoms with E-state index in [4.69, 9.17) is 0 Å². The van der Waals surface area contributed by atoms with Crippen LogP contribution in [0.4, 0.5) is 0 Å². The van der Waals surface area contributed by atoms with Crippen LogP contribution in [0.1, 0.15) is 66.2 Å². The number of hydrogen-bond donors (Lipinski definition) is 1. The monoisotopic (exact) mass is 242 g/mol. The predicted molar refractivity (Wildman–Crippen MR) is 78.6 cm³/mol. The molecule has 0 amide bonds. The van der Waals surface area contributed by atoms with Gasteiger partial charge >= 0.3 is 0 Å². The van der Waals surface area contributed by atoms with Gasteiger partial charge in [0.1, 0.15) is 0 Å². The van der Waals surface area contributed by atoms with E-state index in [2.05, 4.69) is 45.0 Å². The van der Waals surface area contributed by atoms with Gasteiger partial charge in [0, 0.05) is 12.1 Å². The topological polar surface area (TPSA) is 15.3 Å². The summed E-state index contributed by atoms with van der Waals surface area (Å²) in [5.74, 6) is 0. The van der Waals surface area contributed by atoms with Crippen molar-refractivity contribution in [1.82, 2.24) is 10.2 Å². The Hall–Kier alpha value is -0.0800. The SMILES string of the molecule is CCCC(CCC)NCCCCN(C)C(C)C. The van der Waals surface area contributed by atoms with Crippen LogP contribution in [0.2, 0.25) is 0 Å². The molecule has 0 unspecified atom stereocenters. The van der Waals surface area contributed by atoms with E-state index in [-0.39, 0.29) is 0 Å². The van der Waals surface area contributed by atoms with E-state index in [1.54, 1.807) is 0 Å². The highest BCUT2D eigenvalue weighted by molar-refractivity contribution is 4.66. The molecule has 0 aliphatic heterocycles. The van der Waals surface area contributed by atoms with Gasteiger partial charge in [-0.25, -0.2) is 0 Å². The molecule has 0 aromatic rings. The number of hydrogen-bond acceptors (Lipinski definition) is 2. The van der Waals surface area contributed by atoms with Gasteiger partial charge in [-0.2, -0.15) is 0 Å². The van der Waals surface area contributed by atoms with Crippen molar-refractivity contribution in [2.45, 2.75) is 78.3 Å². The molecule has 0 saturated heterocycles. The van der Waals surface area contributed by atoms with Crippen molar-refractivity contribution in [3.05, 3.63) is 0 Å². The number of unbranched alkanes of at least 4 members (excludes halogenated alkanes) is 1. The van der Waals surface area contributed by atoms with E-state index < -0.39 is 0 Å². The summed E-state index contributed by atoms with van der Waals surface area (Å²) >= 11 is 0. The van der Waals surface area contributed by atoms with E-state index in [0.717, 1.165) is 6.04 Å². The predicted octanol–water partition coefficient (Wildman–Crippen LogP) is 3.67. The maximum atomic E-state index is 3.71. The third-order valence-electron chi connectivity index (χ3n) is 3.53. The van der Waals surface area contributed by atoms with Gasteiger partial charge < -0.3 is 10.2 Å². The van der Waals surface area contributed by atoms with Gasteiger partial charge in [0.15, 0.2) is 0 Å². The van der Waals surface area contributed by atoms with E-state index in [1.807, 2.05) is 0 Å². The van der Waals surface area contributed by atoms with Crippen LogP contribution in [-0.2, 0) is 0 Å². The molecular formula is C15H34N2. The van der Waals surface area contributed by atoms with Gasteiger partial charge in [-0.3, -0.25) is 0 Å². The fourth-order valence-corrected chi connectivity index (χ4v) is 2.10. The van der Waals surface area contributed by atoms with Crippen LogP contribution in [0.15, 0.2) is 0 Å². The second kappa shape index (κ2) is 11.0. The fraction of sp³-hybridized carbons (Fsp3) is 1.00. The maximum absolute atomic E-state index is 3.71. The first-order valence-corrected chi connectivity index (χ1v) is 7.55. The Morgan fingerprint density at radius 1 is 1.00 bits per heavy atom. The zero-order valence-electron chi connectivity index (χ0n) is 12.8. The second-order valence-electron chi connectivity index (χ2n) is 5.51. The van der Waals surface area contributed by atoms with Gasteiger partial charge in [-0.05, 0) is 59.7 Å². The summed E-state index contributed by atoms with van der Waals surface area (Å²) in [5.41, 5.74) is 0. The van der Waals surface area contributed by atoms with Crippen LogP contribution < -0.4 is 5.32 Å². The second-order valence-corrected chi connectivity index (χ2v) is 5.51. The summed E-state index contributed by atoms with van der Waals surface area (Å²) in [7, 11) is 2.22. The van der Waals surface area contributed by atoms with E-state index >= 15 is 0 Å². The van der Waals surface area contributed by atoms with Gasteiger partial charge in [0.2, 0.25) is 0 Å². The Balaban J connectivity index is 3.47. The minimum atomic E-state index is 0.677. The molecule has 0 atom stereocenters. The molecule has 0 radical (unpaired) electrons. The number of nitrogens with one attached hydrogen (secondary N) is 1. The highest BCUT2D eigenvalue weighted by Gasteiger charge is 2.05. The number of nitrogens with zero attached hydrogens (tertiary/aromatic N) is 1. The van der Waals surface area contributed by atoms with Gasteiger partial charge in [0.25, 0.3) is 0 Å². The van der Waals surface area contributed by atoms with Crippen molar-refractivity contribution >= 4 is 0 Å². The quantitative estimate of drug-likeness (QED) is 0.556. The molecule has 0 aromatic carbocycles. The summed E-state index contributed by atoms with van der Waals surface area (Å²) < 4.78 is 0. The molecule has 0 saturated carbocycles. The lowest BCUT2D eigenvalue weighted by Gasteiger charge is -2.21. The molecular weight excluding hydrogens is 208 g/mol. The first-order chi connectivity index (χ1) is 8.11. The molecule has 0 aliphatic rings. The van der Waals surface area contributed by atoms with Crippen LogP contribution >= 0.6 is 0 Å². The van der Waals surface area contributed by atoms with Crippen molar-refractivity contribution in [3.8, 4) is 0 Å². The molecule has 0 heterocycles. The van der Waals surface area contributed by atoms with Crippen molar-refractivity contribution in [1.29, 1.82) is 0 Å². The lowest BCUT2D eigenvalue weighted by Crippen LogP contribution is -2.31. The lowest BCUT2D eigenvalue weighted by molar-refractivity contribution is 0.267. The molecule has 0 spiro atoms. The zero-order chi connectivity index (χ0) is 13.1. The normalized spacial score (nSPS) is 12.0. The van der Waals surface area contributed by atoms with E-state index in [1.165, 1.54) is 51.6 Å². The fourth-order valence-electron chi connectivity index (χ4n) is 2.10. The van der Waals surface area contributed by atoms with E-state index in [0.29, 0.717) is 6.04 Å². The van der Waals surface area contributed by atoms with Gasteiger partial charge in [-0.1, -0.05) is 26.7 Å². The average Bonchev–Trinajstić information content (AvgIpc) is 2.28. The minimum absolute atomic E-state index is 0.677. The minimum Gasteiger partial charge on any atom is -0.314 e. The summed E-state index contributed by atoms with van der Waals surface area (Å²) in [5, 5.41) is 3.71. The van der Waals surface area contributed by atoms with Crippen LogP contribution in [0.25, 0.3) is 0 Å². The van der Waals surface area contributed by atoms with Crippen LogP contribution in [0, 0.1) is 0 Å². The highest BCUT2D eigenvalue weighted by Crippen LogP contribution is 2.05. The van der Waals surface area contributed by atoms with Crippen LogP contribution in [0.3, 0.4) is 0 Å². The molecule has 1 N–H and O–H groups in total. The molecule has 104 valence electrons. The van der Waals surface area contributed by atoms with Crippen molar-refractivity contribution in [2.24, 2.45) is 0 Å². The van der Waals surface area contributed by atoms with Gasteiger partial charge in [0.05, 0.1) is 0 Å². The molecule has 17 heavy (non-hydrogen) atoms. The smallest absolute Gasteiger partial charge is 0.00668 e. The average molecular weight is 242 g/mol. The largest absolute Gasteiger partial charge is 0.314 e. The van der Waals surface area contributed by atoms with Crippen molar-refractivity contribution in [3.63, 3.8) is 0 Å². The summed E-state index contributed by atoms with van der Waals surface area (Å²) in [6.07, 6.45) is 7.88. The number of rotatable bonds is 11. The first kappa shape index (κ1) is 16.9. The Labute approximate surface area is 109 Å². The summed E-state index contributed by atoms with van der Waals surface area (Å²) in [6, 6.07) is 1.43. The van der Waals surface area contributed by atoms with Crippen molar-refractivity contribution < 1.29 is 0 Å². The standard InChI is InChI=1S/C15H34N2/c1-6-10-15(11-7-2)16-12-8-9-13-17(5)14(3)4/h14-16H,6-13H2,1-5H3. The molecule has 0 rings (SSSR count). The molecule has 0 aliphatic carbocycles. The Morgan fingerprint density at radius 2 is 1.59 bits per heavy atom. The molecule has 0 aromatic heterocycles. The maximum Gasteiger partial charge on any atom is 0.00668 e. The van der Waals surface area contributed by atoms with E-state index in [9.17, 15) is 0 Å². The Bertz CT molecular complexity index is 151. The lowest BCUT2D eigenvalue weighted by atomic mass is 10.1.